The first kappa shape index (κ1) is 16.3. The average molecular weight is 395 g/mol. The number of hydrogen-bond donors (Lipinski definition) is 0. The standard InChI is InChI=1S/C26H18S2/c1-15-7-9-19-20-10-8-17(13-25(20)28-24(19)11-15)21-14-26-22(12-16(21)2)18-5-3-4-6-23(18)27-26/h3-14H,1-2H3. The summed E-state index contributed by atoms with van der Waals surface area (Å²) in [5.74, 6) is 0. The molecule has 6 aromatic rings. The van der Waals surface area contributed by atoms with E-state index in [9.17, 15) is 0 Å². The third kappa shape index (κ3) is 2.35. The van der Waals surface area contributed by atoms with Crippen molar-refractivity contribution in [3.8, 4) is 11.1 Å². The molecule has 0 saturated carbocycles. The monoisotopic (exact) mass is 394 g/mol. The molecule has 0 aliphatic carbocycles. The molecule has 0 nitrogen and oxygen atoms in total. The molecule has 134 valence electrons. The Balaban J connectivity index is 1.59. The van der Waals surface area contributed by atoms with Gasteiger partial charge in [0.2, 0.25) is 0 Å². The molecule has 0 bridgehead atoms. The van der Waals surface area contributed by atoms with Crippen molar-refractivity contribution in [2.45, 2.75) is 13.8 Å². The molecule has 2 aromatic heterocycles. The van der Waals surface area contributed by atoms with Crippen LogP contribution in [-0.2, 0) is 0 Å². The minimum absolute atomic E-state index is 1.31. The maximum absolute atomic E-state index is 2.38. The predicted octanol–water partition coefficient (Wildman–Crippen LogP) is 8.71. The maximum atomic E-state index is 2.38. The van der Waals surface area contributed by atoms with Crippen molar-refractivity contribution in [2.75, 3.05) is 0 Å². The van der Waals surface area contributed by atoms with Gasteiger partial charge < -0.3 is 0 Å². The third-order valence-corrected chi connectivity index (χ3v) is 7.91. The molecular weight excluding hydrogens is 376 g/mol. The molecular formula is C26H18S2. The molecule has 0 aliphatic heterocycles. The van der Waals surface area contributed by atoms with Gasteiger partial charge in [0.15, 0.2) is 0 Å². The van der Waals surface area contributed by atoms with Gasteiger partial charge >= 0.3 is 0 Å². The highest BCUT2D eigenvalue weighted by Gasteiger charge is 2.11. The second-order valence-corrected chi connectivity index (χ2v) is 9.74. The van der Waals surface area contributed by atoms with Crippen molar-refractivity contribution < 1.29 is 0 Å². The fourth-order valence-corrected chi connectivity index (χ4v) is 6.61. The van der Waals surface area contributed by atoms with E-state index in [2.05, 4.69) is 86.6 Å². The Labute approximate surface area is 171 Å². The smallest absolute Gasteiger partial charge is 0.0361 e. The predicted molar refractivity (Wildman–Crippen MR) is 127 cm³/mol. The fourth-order valence-electron chi connectivity index (χ4n) is 4.24. The SMILES string of the molecule is Cc1ccc2c(c1)sc1cc(-c3cc4sc5ccccc5c4cc3C)ccc12. The van der Waals surface area contributed by atoms with Gasteiger partial charge in [-0.25, -0.2) is 0 Å². The zero-order valence-corrected chi connectivity index (χ0v) is 17.4. The second kappa shape index (κ2) is 5.91. The molecule has 0 fully saturated rings. The summed E-state index contributed by atoms with van der Waals surface area (Å²) in [6.45, 7) is 4.40. The number of thiophene rings is 2. The molecule has 0 unspecified atom stereocenters. The van der Waals surface area contributed by atoms with Gasteiger partial charge in [-0.1, -0.05) is 42.5 Å². The van der Waals surface area contributed by atoms with Crippen LogP contribution in [0.1, 0.15) is 11.1 Å². The minimum atomic E-state index is 1.31. The van der Waals surface area contributed by atoms with Crippen LogP contribution in [0.3, 0.4) is 0 Å². The molecule has 2 heteroatoms. The van der Waals surface area contributed by atoms with Gasteiger partial charge in [-0.2, -0.15) is 0 Å². The van der Waals surface area contributed by atoms with Gasteiger partial charge in [-0.05, 0) is 66.4 Å². The van der Waals surface area contributed by atoms with Crippen LogP contribution < -0.4 is 0 Å². The van der Waals surface area contributed by atoms with E-state index in [1.54, 1.807) is 0 Å². The maximum Gasteiger partial charge on any atom is 0.0361 e. The van der Waals surface area contributed by atoms with Crippen molar-refractivity contribution in [3.05, 3.63) is 83.9 Å². The van der Waals surface area contributed by atoms with E-state index >= 15 is 0 Å². The van der Waals surface area contributed by atoms with E-state index in [1.807, 2.05) is 22.7 Å². The van der Waals surface area contributed by atoms with Crippen LogP contribution in [0.4, 0.5) is 0 Å². The summed E-state index contributed by atoms with van der Waals surface area (Å²) in [6, 6.07) is 27.2. The molecule has 0 N–H and O–H groups in total. The van der Waals surface area contributed by atoms with Crippen molar-refractivity contribution in [3.63, 3.8) is 0 Å². The van der Waals surface area contributed by atoms with Crippen LogP contribution in [0.5, 0.6) is 0 Å². The van der Waals surface area contributed by atoms with Crippen LogP contribution >= 0.6 is 22.7 Å². The summed E-state index contributed by atoms with van der Waals surface area (Å²) >= 11 is 3.79. The van der Waals surface area contributed by atoms with Gasteiger partial charge in [0, 0.05) is 40.3 Å². The normalized spacial score (nSPS) is 11.9. The molecule has 0 atom stereocenters. The van der Waals surface area contributed by atoms with E-state index in [-0.39, 0.29) is 0 Å². The lowest BCUT2D eigenvalue weighted by Crippen LogP contribution is -1.83. The molecule has 6 rings (SSSR count). The highest BCUT2D eigenvalue weighted by Crippen LogP contribution is 2.40. The van der Waals surface area contributed by atoms with Crippen LogP contribution in [0.2, 0.25) is 0 Å². The summed E-state index contributed by atoms with van der Waals surface area (Å²) in [4.78, 5) is 0. The zero-order valence-electron chi connectivity index (χ0n) is 15.7. The van der Waals surface area contributed by atoms with Gasteiger partial charge in [0.25, 0.3) is 0 Å². The molecule has 0 amide bonds. The van der Waals surface area contributed by atoms with E-state index < -0.39 is 0 Å². The Bertz CT molecular complexity index is 1530. The summed E-state index contributed by atoms with van der Waals surface area (Å²) in [7, 11) is 0. The number of rotatable bonds is 1. The number of fused-ring (bicyclic) bond motifs is 6. The largest absolute Gasteiger partial charge is 0.135 e. The summed E-state index contributed by atoms with van der Waals surface area (Å²) in [5, 5.41) is 5.48. The molecule has 4 aromatic carbocycles. The first-order chi connectivity index (χ1) is 13.7. The molecule has 0 spiro atoms. The first-order valence-corrected chi connectivity index (χ1v) is 11.2. The summed E-state index contributed by atoms with van der Waals surface area (Å²) < 4.78 is 5.48. The second-order valence-electron chi connectivity index (χ2n) is 7.57. The van der Waals surface area contributed by atoms with E-state index in [4.69, 9.17) is 0 Å². The summed E-state index contributed by atoms with van der Waals surface area (Å²) in [6.07, 6.45) is 0. The lowest BCUT2D eigenvalue weighted by molar-refractivity contribution is 1.50. The van der Waals surface area contributed by atoms with Crippen molar-refractivity contribution in [1.29, 1.82) is 0 Å². The topological polar surface area (TPSA) is 0 Å². The number of hydrogen-bond acceptors (Lipinski definition) is 2. The van der Waals surface area contributed by atoms with Crippen molar-refractivity contribution >= 4 is 63.0 Å². The van der Waals surface area contributed by atoms with Crippen LogP contribution in [0.15, 0.2) is 72.8 Å². The van der Waals surface area contributed by atoms with Gasteiger partial charge in [0.05, 0.1) is 0 Å². The van der Waals surface area contributed by atoms with E-state index in [0.29, 0.717) is 0 Å². The Morgan fingerprint density at radius 1 is 0.536 bits per heavy atom. The van der Waals surface area contributed by atoms with Crippen molar-refractivity contribution in [2.24, 2.45) is 0 Å². The number of benzene rings is 4. The Morgan fingerprint density at radius 3 is 2.11 bits per heavy atom. The Hall–Kier alpha value is -2.68. The van der Waals surface area contributed by atoms with Crippen LogP contribution in [0.25, 0.3) is 51.5 Å². The zero-order chi connectivity index (χ0) is 18.8. The van der Waals surface area contributed by atoms with Gasteiger partial charge in [-0.15, -0.1) is 22.7 Å². The molecule has 0 aliphatic rings. The summed E-state index contributed by atoms with van der Waals surface area (Å²) in [5.41, 5.74) is 5.32. The van der Waals surface area contributed by atoms with E-state index in [1.165, 1.54) is 62.6 Å². The minimum Gasteiger partial charge on any atom is -0.135 e. The Kier molecular flexibility index (Phi) is 3.44. The van der Waals surface area contributed by atoms with Gasteiger partial charge in [0.1, 0.15) is 0 Å². The van der Waals surface area contributed by atoms with Gasteiger partial charge in [-0.3, -0.25) is 0 Å². The van der Waals surface area contributed by atoms with Crippen LogP contribution in [-0.4, -0.2) is 0 Å². The Morgan fingerprint density at radius 2 is 1.21 bits per heavy atom. The van der Waals surface area contributed by atoms with E-state index in [0.717, 1.165) is 0 Å². The highest BCUT2D eigenvalue weighted by atomic mass is 32.1. The lowest BCUT2D eigenvalue weighted by atomic mass is 9.97. The highest BCUT2D eigenvalue weighted by molar-refractivity contribution is 7.26. The molecule has 2 heterocycles. The fraction of sp³-hybridized carbons (Fsp3) is 0.0769. The molecule has 28 heavy (non-hydrogen) atoms. The van der Waals surface area contributed by atoms with Crippen molar-refractivity contribution in [1.82, 2.24) is 0 Å². The molecule has 0 radical (unpaired) electrons. The quantitative estimate of drug-likeness (QED) is 0.261. The lowest BCUT2D eigenvalue weighted by Gasteiger charge is -2.07. The average Bonchev–Trinajstić information content (AvgIpc) is 3.23. The first-order valence-electron chi connectivity index (χ1n) is 9.52. The third-order valence-electron chi connectivity index (χ3n) is 5.66. The van der Waals surface area contributed by atoms with Crippen LogP contribution in [0, 0.1) is 13.8 Å². The number of aryl methyl sites for hydroxylation is 2. The molecule has 0 saturated heterocycles.